The molecule has 100 valence electrons. The van der Waals surface area contributed by atoms with Gasteiger partial charge in [-0.3, -0.25) is 4.90 Å². The molecular formula is C14H22FN3. The van der Waals surface area contributed by atoms with Gasteiger partial charge in [0.05, 0.1) is 0 Å². The average Bonchev–Trinajstić information content (AvgIpc) is 2.38. The second-order valence-electron chi connectivity index (χ2n) is 5.01. The molecule has 0 saturated carbocycles. The summed E-state index contributed by atoms with van der Waals surface area (Å²) >= 11 is 0. The maximum Gasteiger partial charge on any atom is 0.125 e. The monoisotopic (exact) mass is 251 g/mol. The van der Waals surface area contributed by atoms with Gasteiger partial charge < -0.3 is 10.6 Å². The molecule has 0 amide bonds. The summed E-state index contributed by atoms with van der Waals surface area (Å²) in [4.78, 5) is 4.63. The quantitative estimate of drug-likeness (QED) is 0.889. The standard InChI is InChI=1S/C14H22FN3/c1-3-13-10-18(5-4-17(13)2)14-7-11(9-16)6-12(15)8-14/h6-8,13H,3-5,9-10,16H2,1-2H3. The largest absolute Gasteiger partial charge is 0.369 e. The van der Waals surface area contributed by atoms with Crippen molar-refractivity contribution in [3.05, 3.63) is 29.6 Å². The number of piperazine rings is 1. The van der Waals surface area contributed by atoms with Crippen molar-refractivity contribution in [1.29, 1.82) is 0 Å². The Bertz CT molecular complexity index is 408. The molecule has 1 aromatic carbocycles. The second kappa shape index (κ2) is 5.67. The summed E-state index contributed by atoms with van der Waals surface area (Å²) in [6, 6.07) is 5.66. The number of anilines is 1. The molecule has 0 spiro atoms. The van der Waals surface area contributed by atoms with E-state index in [1.54, 1.807) is 6.07 Å². The molecule has 2 rings (SSSR count). The van der Waals surface area contributed by atoms with Crippen molar-refractivity contribution in [2.75, 3.05) is 31.6 Å². The Balaban J connectivity index is 2.18. The zero-order valence-electron chi connectivity index (χ0n) is 11.2. The van der Waals surface area contributed by atoms with Gasteiger partial charge in [0.2, 0.25) is 0 Å². The highest BCUT2D eigenvalue weighted by atomic mass is 19.1. The number of likely N-dealkylation sites (N-methyl/N-ethyl adjacent to an activating group) is 1. The Hall–Kier alpha value is -1.13. The molecule has 18 heavy (non-hydrogen) atoms. The molecule has 0 aromatic heterocycles. The highest BCUT2D eigenvalue weighted by Gasteiger charge is 2.23. The maximum atomic E-state index is 13.5. The zero-order valence-corrected chi connectivity index (χ0v) is 11.2. The fourth-order valence-electron chi connectivity index (χ4n) is 2.56. The molecule has 1 heterocycles. The topological polar surface area (TPSA) is 32.5 Å². The van der Waals surface area contributed by atoms with E-state index in [4.69, 9.17) is 5.73 Å². The van der Waals surface area contributed by atoms with E-state index >= 15 is 0 Å². The first kappa shape index (κ1) is 13.3. The number of hydrogen-bond donors (Lipinski definition) is 1. The number of benzene rings is 1. The lowest BCUT2D eigenvalue weighted by molar-refractivity contribution is 0.213. The fraction of sp³-hybridized carbons (Fsp3) is 0.571. The fourth-order valence-corrected chi connectivity index (χ4v) is 2.56. The summed E-state index contributed by atoms with van der Waals surface area (Å²) in [6.45, 7) is 5.51. The molecule has 1 unspecified atom stereocenters. The van der Waals surface area contributed by atoms with Crippen LogP contribution in [0.15, 0.2) is 18.2 Å². The Morgan fingerprint density at radius 2 is 2.11 bits per heavy atom. The normalized spacial score (nSPS) is 21.3. The lowest BCUT2D eigenvalue weighted by atomic mass is 10.1. The third kappa shape index (κ3) is 2.82. The lowest BCUT2D eigenvalue weighted by Gasteiger charge is -2.40. The molecule has 0 bridgehead atoms. The van der Waals surface area contributed by atoms with E-state index in [-0.39, 0.29) is 5.82 Å². The molecule has 1 saturated heterocycles. The Labute approximate surface area is 108 Å². The van der Waals surface area contributed by atoms with Crippen LogP contribution in [0.1, 0.15) is 18.9 Å². The van der Waals surface area contributed by atoms with Crippen molar-refractivity contribution in [2.24, 2.45) is 5.73 Å². The lowest BCUT2D eigenvalue weighted by Crippen LogP contribution is -2.51. The van der Waals surface area contributed by atoms with Gasteiger partial charge in [0, 0.05) is 37.9 Å². The van der Waals surface area contributed by atoms with Gasteiger partial charge in [-0.1, -0.05) is 6.92 Å². The van der Waals surface area contributed by atoms with Gasteiger partial charge in [-0.2, -0.15) is 0 Å². The first-order chi connectivity index (χ1) is 8.63. The number of rotatable bonds is 3. The van der Waals surface area contributed by atoms with Crippen LogP contribution in [0.25, 0.3) is 0 Å². The van der Waals surface area contributed by atoms with Crippen LogP contribution in [0.2, 0.25) is 0 Å². The Morgan fingerprint density at radius 3 is 2.78 bits per heavy atom. The van der Waals surface area contributed by atoms with Crippen LogP contribution in [0.3, 0.4) is 0 Å². The average molecular weight is 251 g/mol. The van der Waals surface area contributed by atoms with Crippen molar-refractivity contribution in [2.45, 2.75) is 25.9 Å². The van der Waals surface area contributed by atoms with Gasteiger partial charge >= 0.3 is 0 Å². The molecule has 1 fully saturated rings. The molecule has 1 atom stereocenters. The van der Waals surface area contributed by atoms with Crippen molar-refractivity contribution in [3.8, 4) is 0 Å². The Morgan fingerprint density at radius 1 is 1.33 bits per heavy atom. The third-order valence-corrected chi connectivity index (χ3v) is 3.79. The summed E-state index contributed by atoms with van der Waals surface area (Å²) in [7, 11) is 2.16. The van der Waals surface area contributed by atoms with Crippen molar-refractivity contribution >= 4 is 5.69 Å². The van der Waals surface area contributed by atoms with Crippen molar-refractivity contribution in [3.63, 3.8) is 0 Å². The molecule has 0 aliphatic carbocycles. The first-order valence-corrected chi connectivity index (χ1v) is 6.58. The van der Waals surface area contributed by atoms with E-state index in [1.807, 2.05) is 6.07 Å². The van der Waals surface area contributed by atoms with E-state index < -0.39 is 0 Å². The minimum Gasteiger partial charge on any atom is -0.369 e. The second-order valence-corrected chi connectivity index (χ2v) is 5.01. The van der Waals surface area contributed by atoms with Gasteiger partial charge in [-0.05, 0) is 37.2 Å². The smallest absolute Gasteiger partial charge is 0.125 e. The van der Waals surface area contributed by atoms with Crippen LogP contribution in [-0.4, -0.2) is 37.6 Å². The highest BCUT2D eigenvalue weighted by Crippen LogP contribution is 2.22. The Kier molecular flexibility index (Phi) is 4.19. The van der Waals surface area contributed by atoms with Gasteiger partial charge in [-0.15, -0.1) is 0 Å². The van der Waals surface area contributed by atoms with Gasteiger partial charge in [0.15, 0.2) is 0 Å². The molecule has 1 aliphatic rings. The minimum absolute atomic E-state index is 0.195. The summed E-state index contributed by atoms with van der Waals surface area (Å²) in [5.41, 5.74) is 7.42. The molecule has 2 N–H and O–H groups in total. The maximum absolute atomic E-state index is 13.5. The predicted octanol–water partition coefficient (Wildman–Crippen LogP) is 1.81. The van der Waals surface area contributed by atoms with Crippen molar-refractivity contribution in [1.82, 2.24) is 4.90 Å². The molecule has 1 aliphatic heterocycles. The van der Waals surface area contributed by atoms with Crippen LogP contribution in [0, 0.1) is 5.82 Å². The third-order valence-electron chi connectivity index (χ3n) is 3.79. The van der Waals surface area contributed by atoms with E-state index in [0.717, 1.165) is 37.3 Å². The zero-order chi connectivity index (χ0) is 13.1. The van der Waals surface area contributed by atoms with Crippen LogP contribution < -0.4 is 10.6 Å². The molecular weight excluding hydrogens is 229 g/mol. The molecule has 0 radical (unpaired) electrons. The van der Waals surface area contributed by atoms with E-state index in [2.05, 4.69) is 23.8 Å². The molecule has 4 heteroatoms. The van der Waals surface area contributed by atoms with E-state index in [1.165, 1.54) is 6.07 Å². The van der Waals surface area contributed by atoms with Crippen molar-refractivity contribution < 1.29 is 4.39 Å². The summed E-state index contributed by atoms with van der Waals surface area (Å²) < 4.78 is 13.5. The minimum atomic E-state index is -0.195. The van der Waals surface area contributed by atoms with E-state index in [9.17, 15) is 4.39 Å². The van der Waals surface area contributed by atoms with Crippen LogP contribution >= 0.6 is 0 Å². The predicted molar refractivity (Wildman–Crippen MR) is 73.2 cm³/mol. The summed E-state index contributed by atoms with van der Waals surface area (Å²) in [5, 5.41) is 0. The van der Waals surface area contributed by atoms with Gasteiger partial charge in [0.25, 0.3) is 0 Å². The first-order valence-electron chi connectivity index (χ1n) is 6.58. The molecule has 1 aromatic rings. The highest BCUT2D eigenvalue weighted by molar-refractivity contribution is 5.49. The molecule has 3 nitrogen and oxygen atoms in total. The van der Waals surface area contributed by atoms with Crippen LogP contribution in [-0.2, 0) is 6.54 Å². The summed E-state index contributed by atoms with van der Waals surface area (Å²) in [6.07, 6.45) is 1.12. The summed E-state index contributed by atoms with van der Waals surface area (Å²) in [5.74, 6) is -0.195. The number of halogens is 1. The van der Waals surface area contributed by atoms with Gasteiger partial charge in [-0.25, -0.2) is 4.39 Å². The van der Waals surface area contributed by atoms with Crippen LogP contribution in [0.5, 0.6) is 0 Å². The number of nitrogens with zero attached hydrogens (tertiary/aromatic N) is 2. The SMILES string of the molecule is CCC1CN(c2cc(F)cc(CN)c2)CCN1C. The van der Waals surface area contributed by atoms with Crippen LogP contribution in [0.4, 0.5) is 10.1 Å². The number of hydrogen-bond acceptors (Lipinski definition) is 3. The van der Waals surface area contributed by atoms with Gasteiger partial charge in [0.1, 0.15) is 5.82 Å². The van der Waals surface area contributed by atoms with E-state index in [0.29, 0.717) is 12.6 Å². The number of nitrogens with two attached hydrogens (primary N) is 1.